The topological polar surface area (TPSA) is 41.6 Å². The van der Waals surface area contributed by atoms with Gasteiger partial charge in [0.2, 0.25) is 5.91 Å². The molecule has 4 heteroatoms. The summed E-state index contributed by atoms with van der Waals surface area (Å²) in [4.78, 5) is 14.5. The maximum Gasteiger partial charge on any atom is 0.234 e. The van der Waals surface area contributed by atoms with Crippen LogP contribution in [0.1, 0.15) is 19.3 Å². The van der Waals surface area contributed by atoms with Crippen LogP contribution in [0.4, 0.5) is 5.69 Å². The molecular weight excluding hydrogens is 240 g/mol. The number of rotatable bonds is 5. The van der Waals surface area contributed by atoms with E-state index < -0.39 is 0 Å². The van der Waals surface area contributed by atoms with Gasteiger partial charge < -0.3 is 15.0 Å². The first kappa shape index (κ1) is 13.9. The van der Waals surface area contributed by atoms with Crippen molar-refractivity contribution in [3.05, 3.63) is 24.3 Å². The van der Waals surface area contributed by atoms with E-state index in [1.165, 1.54) is 0 Å². The summed E-state index contributed by atoms with van der Waals surface area (Å²) in [6, 6.07) is 7.63. The van der Waals surface area contributed by atoms with Crippen molar-refractivity contribution >= 4 is 11.6 Å². The molecule has 1 aliphatic rings. The minimum absolute atomic E-state index is 0.178. The smallest absolute Gasteiger partial charge is 0.234 e. The number of amides is 1. The lowest BCUT2D eigenvalue weighted by Crippen LogP contribution is -2.51. The first-order chi connectivity index (χ1) is 9.14. The van der Waals surface area contributed by atoms with Crippen LogP contribution in [0.5, 0.6) is 5.75 Å². The standard InChI is InChI=1S/C15H22N2O2/c1-16-11-15(9-6-10-15)14(18)17(2)12-7-4-5-8-13(12)19-3/h4-5,7-8,16H,6,9-11H2,1-3H3. The molecule has 1 aliphatic carbocycles. The number of benzene rings is 1. The van der Waals surface area contributed by atoms with E-state index >= 15 is 0 Å². The van der Waals surface area contributed by atoms with Crippen molar-refractivity contribution in [1.29, 1.82) is 0 Å². The van der Waals surface area contributed by atoms with Gasteiger partial charge in [-0.25, -0.2) is 0 Å². The van der Waals surface area contributed by atoms with Crippen molar-refractivity contribution in [2.75, 3.05) is 32.6 Å². The second-order valence-electron chi connectivity index (χ2n) is 5.20. The van der Waals surface area contributed by atoms with Crippen LogP contribution in [0.15, 0.2) is 24.3 Å². The van der Waals surface area contributed by atoms with Crippen molar-refractivity contribution in [2.45, 2.75) is 19.3 Å². The summed E-state index contributed by atoms with van der Waals surface area (Å²) in [6.07, 6.45) is 3.06. The molecule has 0 unspecified atom stereocenters. The van der Waals surface area contributed by atoms with E-state index in [1.807, 2.05) is 38.4 Å². The lowest BCUT2D eigenvalue weighted by atomic mass is 9.67. The minimum atomic E-state index is -0.232. The predicted octanol–water partition coefficient (Wildman–Crippen LogP) is 2.05. The molecular formula is C15H22N2O2. The van der Waals surface area contributed by atoms with Gasteiger partial charge in [0.1, 0.15) is 5.75 Å². The van der Waals surface area contributed by atoms with Crippen LogP contribution >= 0.6 is 0 Å². The van der Waals surface area contributed by atoms with Crippen LogP contribution in [-0.4, -0.2) is 33.7 Å². The molecule has 1 N–H and O–H groups in total. The number of carbonyl (C=O) groups is 1. The maximum absolute atomic E-state index is 12.7. The monoisotopic (exact) mass is 262 g/mol. The molecule has 1 aromatic carbocycles. The number of hydrogen-bond donors (Lipinski definition) is 1. The van der Waals surface area contributed by atoms with Gasteiger partial charge in [0, 0.05) is 13.6 Å². The predicted molar refractivity (Wildman–Crippen MR) is 76.6 cm³/mol. The highest BCUT2D eigenvalue weighted by Gasteiger charge is 2.45. The summed E-state index contributed by atoms with van der Waals surface area (Å²) in [5.41, 5.74) is 0.599. The molecule has 0 heterocycles. The molecule has 0 aromatic heterocycles. The van der Waals surface area contributed by atoms with Gasteiger partial charge in [-0.1, -0.05) is 18.6 Å². The second-order valence-corrected chi connectivity index (χ2v) is 5.20. The van der Waals surface area contributed by atoms with Crippen molar-refractivity contribution < 1.29 is 9.53 Å². The Hall–Kier alpha value is -1.55. The second kappa shape index (κ2) is 5.61. The Morgan fingerprint density at radius 3 is 2.63 bits per heavy atom. The molecule has 1 saturated carbocycles. The van der Waals surface area contributed by atoms with Gasteiger partial charge in [-0.3, -0.25) is 4.79 Å². The molecule has 19 heavy (non-hydrogen) atoms. The third-order valence-corrected chi connectivity index (χ3v) is 4.03. The average molecular weight is 262 g/mol. The Morgan fingerprint density at radius 1 is 1.42 bits per heavy atom. The highest BCUT2D eigenvalue weighted by atomic mass is 16.5. The number of para-hydroxylation sites is 2. The zero-order valence-corrected chi connectivity index (χ0v) is 11.9. The molecule has 1 aromatic rings. The van der Waals surface area contributed by atoms with Gasteiger partial charge in [0.05, 0.1) is 18.2 Å². The normalized spacial score (nSPS) is 16.6. The maximum atomic E-state index is 12.7. The summed E-state index contributed by atoms with van der Waals surface area (Å²) in [7, 11) is 5.36. The molecule has 0 bridgehead atoms. The third-order valence-electron chi connectivity index (χ3n) is 4.03. The first-order valence-electron chi connectivity index (χ1n) is 6.70. The van der Waals surface area contributed by atoms with E-state index in [-0.39, 0.29) is 11.3 Å². The Morgan fingerprint density at radius 2 is 2.11 bits per heavy atom. The summed E-state index contributed by atoms with van der Waals surface area (Å²) in [5, 5.41) is 3.15. The minimum Gasteiger partial charge on any atom is -0.495 e. The van der Waals surface area contributed by atoms with E-state index in [0.717, 1.165) is 37.2 Å². The van der Waals surface area contributed by atoms with Crippen LogP contribution in [0.25, 0.3) is 0 Å². The molecule has 0 spiro atoms. The van der Waals surface area contributed by atoms with Crippen LogP contribution in [0.2, 0.25) is 0 Å². The van der Waals surface area contributed by atoms with E-state index in [4.69, 9.17) is 4.74 Å². The van der Waals surface area contributed by atoms with Crippen LogP contribution in [0.3, 0.4) is 0 Å². The molecule has 4 nitrogen and oxygen atoms in total. The fourth-order valence-corrected chi connectivity index (χ4v) is 2.78. The van der Waals surface area contributed by atoms with Gasteiger partial charge in [-0.15, -0.1) is 0 Å². The van der Waals surface area contributed by atoms with Gasteiger partial charge in [0.25, 0.3) is 0 Å². The average Bonchev–Trinajstić information content (AvgIpc) is 2.41. The Kier molecular flexibility index (Phi) is 4.10. The molecule has 0 saturated heterocycles. The lowest BCUT2D eigenvalue weighted by molar-refractivity contribution is -0.132. The Balaban J connectivity index is 2.23. The van der Waals surface area contributed by atoms with E-state index in [9.17, 15) is 4.79 Å². The molecule has 0 atom stereocenters. The Bertz CT molecular complexity index is 455. The zero-order valence-electron chi connectivity index (χ0n) is 11.9. The molecule has 1 fully saturated rings. The molecule has 0 radical (unpaired) electrons. The largest absolute Gasteiger partial charge is 0.495 e. The van der Waals surface area contributed by atoms with Gasteiger partial charge in [0.15, 0.2) is 0 Å². The third kappa shape index (κ3) is 2.45. The number of nitrogens with zero attached hydrogens (tertiary/aromatic N) is 1. The first-order valence-corrected chi connectivity index (χ1v) is 6.70. The number of carbonyl (C=O) groups excluding carboxylic acids is 1. The molecule has 1 amide bonds. The summed E-state index contributed by atoms with van der Waals surface area (Å²) >= 11 is 0. The van der Waals surface area contributed by atoms with E-state index in [1.54, 1.807) is 12.0 Å². The van der Waals surface area contributed by atoms with Gasteiger partial charge in [-0.2, -0.15) is 0 Å². The van der Waals surface area contributed by atoms with Crippen molar-refractivity contribution in [2.24, 2.45) is 5.41 Å². The number of nitrogens with one attached hydrogen (secondary N) is 1. The Labute approximate surface area is 114 Å². The van der Waals surface area contributed by atoms with Crippen LogP contribution in [-0.2, 0) is 4.79 Å². The van der Waals surface area contributed by atoms with Crippen LogP contribution in [0, 0.1) is 5.41 Å². The van der Waals surface area contributed by atoms with E-state index in [2.05, 4.69) is 5.32 Å². The fraction of sp³-hybridized carbons (Fsp3) is 0.533. The van der Waals surface area contributed by atoms with Gasteiger partial charge in [-0.05, 0) is 32.0 Å². The molecule has 0 aliphatic heterocycles. The number of hydrogen-bond acceptors (Lipinski definition) is 3. The summed E-state index contributed by atoms with van der Waals surface area (Å²) in [6.45, 7) is 0.741. The highest BCUT2D eigenvalue weighted by Crippen LogP contribution is 2.43. The zero-order chi connectivity index (χ0) is 13.9. The summed E-state index contributed by atoms with van der Waals surface area (Å²) < 4.78 is 5.33. The number of methoxy groups -OCH3 is 1. The number of ether oxygens (including phenoxy) is 1. The lowest BCUT2D eigenvalue weighted by Gasteiger charge is -2.42. The van der Waals surface area contributed by atoms with Crippen molar-refractivity contribution in [1.82, 2.24) is 5.32 Å². The van der Waals surface area contributed by atoms with E-state index in [0.29, 0.717) is 0 Å². The van der Waals surface area contributed by atoms with Crippen molar-refractivity contribution in [3.63, 3.8) is 0 Å². The van der Waals surface area contributed by atoms with Gasteiger partial charge >= 0.3 is 0 Å². The summed E-state index contributed by atoms with van der Waals surface area (Å²) in [5.74, 6) is 0.912. The molecule has 2 rings (SSSR count). The quantitative estimate of drug-likeness (QED) is 0.883. The van der Waals surface area contributed by atoms with Crippen LogP contribution < -0.4 is 15.0 Å². The fourth-order valence-electron chi connectivity index (χ4n) is 2.78. The number of anilines is 1. The highest BCUT2D eigenvalue weighted by molar-refractivity contribution is 5.99. The SMILES string of the molecule is CNCC1(C(=O)N(C)c2ccccc2OC)CCC1. The molecule has 104 valence electrons. The van der Waals surface area contributed by atoms with Crippen molar-refractivity contribution in [3.8, 4) is 5.75 Å².